The minimum absolute atomic E-state index is 0.133. The molecule has 4 nitrogen and oxygen atoms in total. The lowest BCUT2D eigenvalue weighted by molar-refractivity contribution is -0.130. The Bertz CT molecular complexity index is 446. The monoisotopic (exact) mass is 262 g/mol. The number of ether oxygens (including phenoxy) is 1. The van der Waals surface area contributed by atoms with Crippen molar-refractivity contribution in [3.05, 3.63) is 24.3 Å². The molecule has 104 valence electrons. The van der Waals surface area contributed by atoms with Gasteiger partial charge >= 0.3 is 0 Å². The molecule has 19 heavy (non-hydrogen) atoms. The van der Waals surface area contributed by atoms with E-state index in [1.165, 1.54) is 0 Å². The first kappa shape index (κ1) is 13.7. The van der Waals surface area contributed by atoms with Crippen molar-refractivity contribution in [3.8, 4) is 5.75 Å². The Hall–Kier alpha value is -1.71. The average molecular weight is 262 g/mol. The molecule has 4 heteroatoms. The fourth-order valence-electron chi connectivity index (χ4n) is 2.32. The molecule has 1 amide bonds. The molecule has 0 radical (unpaired) electrons. The number of para-hydroxylation sites is 2. The highest BCUT2D eigenvalue weighted by molar-refractivity contribution is 5.83. The summed E-state index contributed by atoms with van der Waals surface area (Å²) in [5.74, 6) is 1.04. The van der Waals surface area contributed by atoms with Crippen molar-refractivity contribution in [3.63, 3.8) is 0 Å². The van der Waals surface area contributed by atoms with Crippen LogP contribution in [0.25, 0.3) is 0 Å². The van der Waals surface area contributed by atoms with E-state index in [-0.39, 0.29) is 12.0 Å². The third kappa shape index (κ3) is 3.19. The molecule has 0 N–H and O–H groups in total. The van der Waals surface area contributed by atoms with Crippen LogP contribution in [0.15, 0.2) is 24.3 Å². The SMILES string of the molecule is CCN1CCN(c2ccccc2OC(C)C)CC1=O. The van der Waals surface area contributed by atoms with Crippen LogP contribution in [-0.4, -0.2) is 43.1 Å². The second-order valence-electron chi connectivity index (χ2n) is 5.03. The number of carbonyl (C=O) groups is 1. The van der Waals surface area contributed by atoms with Gasteiger partial charge in [0.25, 0.3) is 0 Å². The van der Waals surface area contributed by atoms with Gasteiger partial charge in [0.05, 0.1) is 18.3 Å². The van der Waals surface area contributed by atoms with Gasteiger partial charge in [-0.25, -0.2) is 0 Å². The maximum absolute atomic E-state index is 12.0. The number of likely N-dealkylation sites (N-methyl/N-ethyl adjacent to an activating group) is 1. The predicted octanol–water partition coefficient (Wildman–Crippen LogP) is 2.14. The number of anilines is 1. The van der Waals surface area contributed by atoms with Gasteiger partial charge in [-0.05, 0) is 32.9 Å². The van der Waals surface area contributed by atoms with Gasteiger partial charge in [0.2, 0.25) is 5.91 Å². The number of benzene rings is 1. The molecule has 0 unspecified atom stereocenters. The van der Waals surface area contributed by atoms with Gasteiger partial charge in [0, 0.05) is 19.6 Å². The maximum Gasteiger partial charge on any atom is 0.242 e. The molecule has 1 saturated heterocycles. The van der Waals surface area contributed by atoms with E-state index >= 15 is 0 Å². The number of piperazine rings is 1. The number of hydrogen-bond donors (Lipinski definition) is 0. The van der Waals surface area contributed by atoms with Gasteiger partial charge in [0.1, 0.15) is 5.75 Å². The lowest BCUT2D eigenvalue weighted by atomic mass is 10.2. The molecule has 0 bridgehead atoms. The van der Waals surface area contributed by atoms with E-state index in [0.717, 1.165) is 31.1 Å². The van der Waals surface area contributed by atoms with Gasteiger partial charge < -0.3 is 14.5 Å². The highest BCUT2D eigenvalue weighted by atomic mass is 16.5. The molecule has 2 rings (SSSR count). The summed E-state index contributed by atoms with van der Waals surface area (Å²) in [5.41, 5.74) is 1.01. The van der Waals surface area contributed by atoms with Crippen LogP contribution < -0.4 is 9.64 Å². The summed E-state index contributed by atoms with van der Waals surface area (Å²) < 4.78 is 5.82. The third-order valence-corrected chi connectivity index (χ3v) is 3.27. The molecule has 1 aromatic rings. The van der Waals surface area contributed by atoms with Crippen LogP contribution in [0.3, 0.4) is 0 Å². The molecule has 0 atom stereocenters. The largest absolute Gasteiger partial charge is 0.489 e. The molecular weight excluding hydrogens is 240 g/mol. The number of nitrogens with zero attached hydrogens (tertiary/aromatic N) is 2. The summed E-state index contributed by atoms with van der Waals surface area (Å²) in [5, 5.41) is 0. The van der Waals surface area contributed by atoms with Crippen LogP contribution in [0.1, 0.15) is 20.8 Å². The van der Waals surface area contributed by atoms with Crippen LogP contribution in [0.4, 0.5) is 5.69 Å². The number of hydrogen-bond acceptors (Lipinski definition) is 3. The van der Waals surface area contributed by atoms with Crippen LogP contribution >= 0.6 is 0 Å². The van der Waals surface area contributed by atoms with Crippen molar-refractivity contribution >= 4 is 11.6 Å². The van der Waals surface area contributed by atoms with Crippen molar-refractivity contribution in [2.45, 2.75) is 26.9 Å². The van der Waals surface area contributed by atoms with Crippen molar-refractivity contribution in [1.29, 1.82) is 0 Å². The second-order valence-corrected chi connectivity index (χ2v) is 5.03. The fourth-order valence-corrected chi connectivity index (χ4v) is 2.32. The smallest absolute Gasteiger partial charge is 0.242 e. The number of carbonyl (C=O) groups excluding carboxylic acids is 1. The lowest BCUT2D eigenvalue weighted by Crippen LogP contribution is -2.50. The quantitative estimate of drug-likeness (QED) is 0.833. The number of amides is 1. The first-order valence-corrected chi connectivity index (χ1v) is 6.90. The molecule has 0 aromatic heterocycles. The molecule has 0 spiro atoms. The Balaban J connectivity index is 2.16. The molecule has 1 aromatic carbocycles. The van der Waals surface area contributed by atoms with Gasteiger partial charge in [-0.3, -0.25) is 4.79 Å². The van der Waals surface area contributed by atoms with Crippen LogP contribution in [0, 0.1) is 0 Å². The topological polar surface area (TPSA) is 32.8 Å². The molecule has 0 saturated carbocycles. The Morgan fingerprint density at radius 3 is 2.63 bits per heavy atom. The van der Waals surface area contributed by atoms with E-state index < -0.39 is 0 Å². The van der Waals surface area contributed by atoms with Crippen LogP contribution in [0.5, 0.6) is 5.75 Å². The van der Waals surface area contributed by atoms with E-state index in [9.17, 15) is 4.79 Å². The average Bonchev–Trinajstić information content (AvgIpc) is 2.38. The summed E-state index contributed by atoms with van der Waals surface area (Å²) in [6, 6.07) is 7.93. The summed E-state index contributed by atoms with van der Waals surface area (Å²) >= 11 is 0. The second kappa shape index (κ2) is 5.95. The van der Waals surface area contributed by atoms with Gasteiger partial charge in [-0.15, -0.1) is 0 Å². The molecule has 1 aliphatic heterocycles. The highest BCUT2D eigenvalue weighted by Crippen LogP contribution is 2.29. The molecule has 1 fully saturated rings. The van der Waals surface area contributed by atoms with E-state index in [0.29, 0.717) is 6.54 Å². The summed E-state index contributed by atoms with van der Waals surface area (Å²) in [6.45, 7) is 8.91. The van der Waals surface area contributed by atoms with Crippen LogP contribution in [0.2, 0.25) is 0 Å². The van der Waals surface area contributed by atoms with Crippen molar-refractivity contribution in [2.24, 2.45) is 0 Å². The molecule has 0 aliphatic carbocycles. The molecule has 1 heterocycles. The normalized spacial score (nSPS) is 16.1. The minimum Gasteiger partial charge on any atom is -0.489 e. The van der Waals surface area contributed by atoms with Crippen molar-refractivity contribution < 1.29 is 9.53 Å². The zero-order valence-corrected chi connectivity index (χ0v) is 11.9. The first-order valence-electron chi connectivity index (χ1n) is 6.90. The summed E-state index contributed by atoms with van der Waals surface area (Å²) in [4.78, 5) is 16.0. The summed E-state index contributed by atoms with van der Waals surface area (Å²) in [7, 11) is 0. The Kier molecular flexibility index (Phi) is 4.30. The Labute approximate surface area is 115 Å². The fraction of sp³-hybridized carbons (Fsp3) is 0.533. The molecule has 1 aliphatic rings. The predicted molar refractivity (Wildman–Crippen MR) is 76.7 cm³/mol. The Morgan fingerprint density at radius 1 is 1.26 bits per heavy atom. The minimum atomic E-state index is 0.133. The first-order chi connectivity index (χ1) is 9.11. The Morgan fingerprint density at radius 2 is 2.00 bits per heavy atom. The van der Waals surface area contributed by atoms with Gasteiger partial charge in [-0.2, -0.15) is 0 Å². The lowest BCUT2D eigenvalue weighted by Gasteiger charge is -2.35. The van der Waals surface area contributed by atoms with Gasteiger partial charge in [-0.1, -0.05) is 12.1 Å². The third-order valence-electron chi connectivity index (χ3n) is 3.27. The van der Waals surface area contributed by atoms with Crippen molar-refractivity contribution in [2.75, 3.05) is 31.1 Å². The number of rotatable bonds is 4. The standard InChI is InChI=1S/C15H22N2O2/c1-4-16-9-10-17(11-15(16)18)13-7-5-6-8-14(13)19-12(2)3/h5-8,12H,4,9-11H2,1-3H3. The van der Waals surface area contributed by atoms with Crippen LogP contribution in [-0.2, 0) is 4.79 Å². The summed E-state index contributed by atoms with van der Waals surface area (Å²) in [6.07, 6.45) is 0.133. The zero-order chi connectivity index (χ0) is 13.8. The van der Waals surface area contributed by atoms with E-state index in [4.69, 9.17) is 4.74 Å². The van der Waals surface area contributed by atoms with Gasteiger partial charge in [0.15, 0.2) is 0 Å². The zero-order valence-electron chi connectivity index (χ0n) is 11.9. The van der Waals surface area contributed by atoms with E-state index in [1.54, 1.807) is 0 Å². The van der Waals surface area contributed by atoms with E-state index in [2.05, 4.69) is 4.90 Å². The maximum atomic E-state index is 12.0. The highest BCUT2D eigenvalue weighted by Gasteiger charge is 2.24. The van der Waals surface area contributed by atoms with Crippen molar-refractivity contribution in [1.82, 2.24) is 4.90 Å². The molecular formula is C15H22N2O2. The van der Waals surface area contributed by atoms with E-state index in [1.807, 2.05) is 49.9 Å².